The number of hydrogen-bond acceptors (Lipinski definition) is 8. The molecule has 0 aliphatic carbocycles. The van der Waals surface area contributed by atoms with E-state index in [4.69, 9.17) is 16.3 Å². The third-order valence-electron chi connectivity index (χ3n) is 4.79. The Bertz CT molecular complexity index is 1340. The number of anilines is 5. The number of sulfone groups is 1. The van der Waals surface area contributed by atoms with Gasteiger partial charge in [0.1, 0.15) is 11.0 Å². The Hall–Kier alpha value is -3.44. The average Bonchev–Trinajstić information content (AvgIpc) is 2.75. The fourth-order valence-corrected chi connectivity index (χ4v) is 4.70. The fraction of sp³-hybridized carbons (Fsp3) is 0.150. The summed E-state index contributed by atoms with van der Waals surface area (Å²) in [5, 5.41) is 7.42. The van der Waals surface area contributed by atoms with E-state index >= 15 is 0 Å². The second-order valence-electron chi connectivity index (χ2n) is 6.88. The van der Waals surface area contributed by atoms with Gasteiger partial charge in [-0.3, -0.25) is 4.79 Å². The van der Waals surface area contributed by atoms with E-state index in [1.165, 1.54) is 32.2 Å². The van der Waals surface area contributed by atoms with E-state index in [1.807, 2.05) is 0 Å². The first-order chi connectivity index (χ1) is 15.2. The number of rotatable bonds is 5. The molecule has 3 N–H and O–H groups in total. The van der Waals surface area contributed by atoms with Gasteiger partial charge in [-0.25, -0.2) is 17.8 Å². The summed E-state index contributed by atoms with van der Waals surface area (Å²) in [6, 6.07) is 9.16. The summed E-state index contributed by atoms with van der Waals surface area (Å²) in [5.74, 6) is -0.924. The zero-order valence-electron chi connectivity index (χ0n) is 16.8. The minimum atomic E-state index is -3.79. The van der Waals surface area contributed by atoms with Gasteiger partial charge in [0.2, 0.25) is 11.9 Å². The molecule has 4 rings (SSSR count). The maximum Gasteiger partial charge on any atom is 0.242 e. The summed E-state index contributed by atoms with van der Waals surface area (Å²) < 4.78 is 44.3. The standard InChI is InChI=1S/C20H17ClFN5O4S/c1-10-19(28)26-15-8-12(4-6-17(15)32(10,29)30)24-18-14(22)9-23-20(27-18)25-11-3-5-16(31-2)13(21)7-11/h3-10H,1-2H3,(H,26,28)(H2,23,24,25,27). The predicted octanol–water partition coefficient (Wildman–Crippen LogP) is 3.88. The Morgan fingerprint density at radius 3 is 2.59 bits per heavy atom. The quantitative estimate of drug-likeness (QED) is 0.506. The summed E-state index contributed by atoms with van der Waals surface area (Å²) in [4.78, 5) is 20.0. The zero-order valence-corrected chi connectivity index (χ0v) is 18.4. The van der Waals surface area contributed by atoms with E-state index in [0.29, 0.717) is 22.1 Å². The molecule has 0 spiro atoms. The van der Waals surface area contributed by atoms with Crippen molar-refractivity contribution in [2.75, 3.05) is 23.1 Å². The van der Waals surface area contributed by atoms with E-state index in [1.54, 1.807) is 18.2 Å². The van der Waals surface area contributed by atoms with Gasteiger partial charge in [0.15, 0.2) is 21.5 Å². The highest BCUT2D eigenvalue weighted by Gasteiger charge is 2.36. The number of amides is 1. The van der Waals surface area contributed by atoms with Crippen LogP contribution in [0.4, 0.5) is 33.2 Å². The van der Waals surface area contributed by atoms with Crippen LogP contribution in [-0.4, -0.2) is 36.7 Å². The summed E-state index contributed by atoms with van der Waals surface area (Å²) in [7, 11) is -2.29. The molecule has 2 heterocycles. The first-order valence-electron chi connectivity index (χ1n) is 9.28. The molecule has 3 aromatic rings. The third-order valence-corrected chi connectivity index (χ3v) is 7.20. The number of methoxy groups -OCH3 is 1. The van der Waals surface area contributed by atoms with Crippen LogP contribution < -0.4 is 20.7 Å². The van der Waals surface area contributed by atoms with Gasteiger partial charge in [-0.05, 0) is 43.3 Å². The van der Waals surface area contributed by atoms with Gasteiger partial charge in [-0.1, -0.05) is 11.6 Å². The van der Waals surface area contributed by atoms with Crippen LogP contribution in [0.5, 0.6) is 5.75 Å². The molecule has 0 saturated heterocycles. The van der Waals surface area contributed by atoms with Crippen LogP contribution in [0.1, 0.15) is 6.92 Å². The van der Waals surface area contributed by atoms with Crippen molar-refractivity contribution in [3.05, 3.63) is 53.4 Å². The lowest BCUT2D eigenvalue weighted by atomic mass is 10.2. The van der Waals surface area contributed by atoms with Gasteiger partial charge in [0.05, 0.1) is 28.9 Å². The molecule has 0 fully saturated rings. The molecule has 1 atom stereocenters. The molecule has 0 saturated carbocycles. The molecule has 1 aromatic heterocycles. The topological polar surface area (TPSA) is 122 Å². The Morgan fingerprint density at radius 2 is 1.88 bits per heavy atom. The highest BCUT2D eigenvalue weighted by molar-refractivity contribution is 7.93. The lowest BCUT2D eigenvalue weighted by molar-refractivity contribution is -0.115. The number of hydrogen-bond donors (Lipinski definition) is 3. The van der Waals surface area contributed by atoms with Crippen LogP contribution >= 0.6 is 11.6 Å². The van der Waals surface area contributed by atoms with E-state index < -0.39 is 26.8 Å². The van der Waals surface area contributed by atoms with Crippen LogP contribution in [0.2, 0.25) is 5.02 Å². The molecule has 1 aliphatic rings. The van der Waals surface area contributed by atoms with Crippen molar-refractivity contribution in [2.24, 2.45) is 0 Å². The van der Waals surface area contributed by atoms with Crippen molar-refractivity contribution in [3.8, 4) is 5.75 Å². The highest BCUT2D eigenvalue weighted by atomic mass is 35.5. The molecular weight excluding hydrogens is 461 g/mol. The summed E-state index contributed by atoms with van der Waals surface area (Å²) in [6.07, 6.45) is 0.981. The van der Waals surface area contributed by atoms with Crippen LogP contribution in [-0.2, 0) is 14.6 Å². The number of benzene rings is 2. The van der Waals surface area contributed by atoms with Crippen LogP contribution in [0.15, 0.2) is 47.5 Å². The highest BCUT2D eigenvalue weighted by Crippen LogP contribution is 2.34. The predicted molar refractivity (Wildman–Crippen MR) is 118 cm³/mol. The summed E-state index contributed by atoms with van der Waals surface area (Å²) in [6.45, 7) is 1.32. The van der Waals surface area contributed by atoms with Crippen molar-refractivity contribution in [1.29, 1.82) is 0 Å². The van der Waals surface area contributed by atoms with Gasteiger partial charge in [0.25, 0.3) is 0 Å². The molecular formula is C20H17ClFN5O4S. The smallest absolute Gasteiger partial charge is 0.242 e. The normalized spacial score (nSPS) is 16.6. The summed E-state index contributed by atoms with van der Waals surface area (Å²) >= 11 is 6.11. The van der Waals surface area contributed by atoms with Gasteiger partial charge < -0.3 is 20.7 Å². The number of ether oxygens (including phenoxy) is 1. The Labute approximate surface area is 187 Å². The first-order valence-corrected chi connectivity index (χ1v) is 11.2. The Kier molecular flexibility index (Phi) is 5.61. The second-order valence-corrected chi connectivity index (χ2v) is 9.52. The minimum absolute atomic E-state index is 0.00273. The van der Waals surface area contributed by atoms with Crippen LogP contribution in [0.25, 0.3) is 0 Å². The maximum absolute atomic E-state index is 14.3. The SMILES string of the molecule is COc1ccc(Nc2ncc(F)c(Nc3ccc4c(c3)NC(=O)C(C)S4(=O)=O)n2)cc1Cl. The second kappa shape index (κ2) is 8.24. The summed E-state index contributed by atoms with van der Waals surface area (Å²) in [5.41, 5.74) is 0.993. The number of nitrogens with zero attached hydrogens (tertiary/aromatic N) is 2. The molecule has 32 heavy (non-hydrogen) atoms. The number of carbonyl (C=O) groups is 1. The molecule has 1 aliphatic heterocycles. The Morgan fingerprint density at radius 1 is 1.16 bits per heavy atom. The van der Waals surface area contributed by atoms with Crippen molar-refractivity contribution in [3.63, 3.8) is 0 Å². The monoisotopic (exact) mass is 477 g/mol. The van der Waals surface area contributed by atoms with E-state index in [-0.39, 0.29) is 22.3 Å². The largest absolute Gasteiger partial charge is 0.495 e. The maximum atomic E-state index is 14.3. The number of carbonyl (C=O) groups excluding carboxylic acids is 1. The third kappa shape index (κ3) is 4.04. The van der Waals surface area contributed by atoms with E-state index in [2.05, 4.69) is 25.9 Å². The molecule has 12 heteroatoms. The molecule has 1 amide bonds. The van der Waals surface area contributed by atoms with Crippen LogP contribution in [0.3, 0.4) is 0 Å². The minimum Gasteiger partial charge on any atom is -0.495 e. The van der Waals surface area contributed by atoms with E-state index in [9.17, 15) is 17.6 Å². The fourth-order valence-electron chi connectivity index (χ4n) is 3.04. The van der Waals surface area contributed by atoms with E-state index in [0.717, 1.165) is 6.20 Å². The number of fused-ring (bicyclic) bond motifs is 1. The van der Waals surface area contributed by atoms with Gasteiger partial charge in [-0.2, -0.15) is 4.98 Å². The molecule has 166 valence electrons. The molecule has 9 nitrogen and oxygen atoms in total. The van der Waals surface area contributed by atoms with Gasteiger partial charge >= 0.3 is 0 Å². The lowest BCUT2D eigenvalue weighted by Crippen LogP contribution is -2.37. The number of nitrogens with one attached hydrogen (secondary N) is 3. The van der Waals surface area contributed by atoms with Gasteiger partial charge in [0, 0.05) is 11.4 Å². The molecule has 2 aromatic carbocycles. The lowest BCUT2D eigenvalue weighted by Gasteiger charge is -2.23. The average molecular weight is 478 g/mol. The molecule has 0 bridgehead atoms. The Balaban J connectivity index is 1.60. The van der Waals surface area contributed by atoms with Crippen molar-refractivity contribution in [1.82, 2.24) is 9.97 Å². The number of halogens is 2. The molecule has 0 radical (unpaired) electrons. The number of aromatic nitrogens is 2. The first kappa shape index (κ1) is 21.8. The van der Waals surface area contributed by atoms with Gasteiger partial charge in [-0.15, -0.1) is 0 Å². The zero-order chi connectivity index (χ0) is 23.0. The molecule has 1 unspecified atom stereocenters. The van der Waals surface area contributed by atoms with Crippen LogP contribution in [0, 0.1) is 5.82 Å². The van der Waals surface area contributed by atoms with Crippen molar-refractivity contribution < 1.29 is 22.3 Å². The van der Waals surface area contributed by atoms with Crippen molar-refractivity contribution >= 4 is 56.2 Å². The van der Waals surface area contributed by atoms with Crippen molar-refractivity contribution in [2.45, 2.75) is 17.1 Å².